The molecule has 0 fully saturated rings. The number of nitrogens with zero attached hydrogens (tertiary/aromatic N) is 3. The fourth-order valence-electron chi connectivity index (χ4n) is 0.166. The Morgan fingerprint density at radius 3 is 2.56 bits per heavy atom. The predicted octanol–water partition coefficient (Wildman–Crippen LogP) is -0.404. The van der Waals surface area contributed by atoms with E-state index >= 15 is 0 Å². The van der Waals surface area contributed by atoms with E-state index in [-0.39, 0.29) is 12.5 Å². The van der Waals surface area contributed by atoms with Crippen molar-refractivity contribution in [3.8, 4) is 0 Å². The van der Waals surface area contributed by atoms with E-state index in [2.05, 4.69) is 15.4 Å². The maximum absolute atomic E-state index is 11.3. The number of alkyl halides is 1. The molecule has 0 aliphatic rings. The maximum atomic E-state index is 11.3. The molecule has 6 heteroatoms. The average molecular weight is 133 g/mol. The molecule has 0 aliphatic carbocycles. The van der Waals surface area contributed by atoms with Crippen molar-refractivity contribution in [2.45, 2.75) is 0 Å². The summed E-state index contributed by atoms with van der Waals surface area (Å²) in [6.07, 6.45) is 0. The lowest BCUT2D eigenvalue weighted by Crippen LogP contribution is -2.21. The Kier molecular flexibility index (Phi) is 4.29. The summed E-state index contributed by atoms with van der Waals surface area (Å²) < 4.78 is 11.3. The highest BCUT2D eigenvalue weighted by atomic mass is 19.1. The third-order valence-corrected chi connectivity index (χ3v) is 0.408. The van der Waals surface area contributed by atoms with Crippen molar-refractivity contribution in [3.05, 3.63) is 0 Å². The molecule has 0 rings (SSSR count). The largest absolute Gasteiger partial charge is 0.368 e. The van der Waals surface area contributed by atoms with Crippen LogP contribution in [0.25, 0.3) is 0 Å². The normalized spacial score (nSPS) is 9.89. The summed E-state index contributed by atoms with van der Waals surface area (Å²) in [6.45, 7) is -0.555. The molecule has 0 unspecified atom stereocenters. The molecule has 4 N–H and O–H groups in total. The Bertz CT molecular complexity index is 115. The Morgan fingerprint density at radius 2 is 2.11 bits per heavy atom. The molecule has 0 heterocycles. The second kappa shape index (κ2) is 4.95. The van der Waals surface area contributed by atoms with Gasteiger partial charge in [-0.05, 0) is 5.22 Å². The Balaban J connectivity index is 3.35. The van der Waals surface area contributed by atoms with Gasteiger partial charge in [0.1, 0.15) is 6.67 Å². The van der Waals surface area contributed by atoms with E-state index in [0.29, 0.717) is 0 Å². The lowest BCUT2D eigenvalue weighted by molar-refractivity contribution is 0.498. The van der Waals surface area contributed by atoms with Gasteiger partial charge in [-0.15, -0.1) is 0 Å². The van der Waals surface area contributed by atoms with Crippen LogP contribution in [0.5, 0.6) is 0 Å². The molecule has 9 heavy (non-hydrogen) atoms. The molecule has 0 radical (unpaired) electrons. The third-order valence-electron chi connectivity index (χ3n) is 0.408. The molecule has 0 aromatic rings. The summed E-state index contributed by atoms with van der Waals surface area (Å²) in [5.74, 6) is -0.183. The minimum atomic E-state index is -0.552. The standard InChI is InChI=1S/C3H8FN5/c4-1-2-7-9-8-3(5)6/h1-2H2,(H4,5,6,7,8). The first-order chi connectivity index (χ1) is 4.27. The van der Waals surface area contributed by atoms with Gasteiger partial charge in [-0.1, -0.05) is 5.10 Å². The SMILES string of the molecule is NC(N)=NN=NCCF. The lowest BCUT2D eigenvalue weighted by atomic mass is 10.8. The summed E-state index contributed by atoms with van der Waals surface area (Å²) in [5.41, 5.74) is 9.71. The first kappa shape index (κ1) is 7.80. The van der Waals surface area contributed by atoms with Crippen LogP contribution in [0.2, 0.25) is 0 Å². The van der Waals surface area contributed by atoms with Crippen molar-refractivity contribution >= 4 is 5.96 Å². The molecule has 0 aliphatic heterocycles. The van der Waals surface area contributed by atoms with Gasteiger partial charge < -0.3 is 11.5 Å². The highest BCUT2D eigenvalue weighted by Crippen LogP contribution is 1.76. The average Bonchev–Trinajstić information content (AvgIpc) is 1.80. The quantitative estimate of drug-likeness (QED) is 0.237. The number of nitrogens with two attached hydrogens (primary N) is 2. The number of halogens is 1. The zero-order chi connectivity index (χ0) is 7.11. The highest BCUT2D eigenvalue weighted by molar-refractivity contribution is 5.75. The number of hydrogen-bond acceptors (Lipinski definition) is 2. The maximum Gasteiger partial charge on any atom is 0.213 e. The zero-order valence-corrected chi connectivity index (χ0v) is 4.79. The Labute approximate surface area is 51.6 Å². The Morgan fingerprint density at radius 1 is 1.44 bits per heavy atom. The van der Waals surface area contributed by atoms with Crippen LogP contribution < -0.4 is 11.5 Å². The minimum Gasteiger partial charge on any atom is -0.368 e. The van der Waals surface area contributed by atoms with Gasteiger partial charge in [0.05, 0.1) is 6.54 Å². The van der Waals surface area contributed by atoms with Gasteiger partial charge in [0, 0.05) is 0 Å². The number of rotatable bonds is 3. The van der Waals surface area contributed by atoms with E-state index in [0.717, 1.165) is 0 Å². The van der Waals surface area contributed by atoms with Crippen molar-refractivity contribution in [3.63, 3.8) is 0 Å². The van der Waals surface area contributed by atoms with Gasteiger partial charge in [0.2, 0.25) is 5.96 Å². The molecule has 0 saturated carbocycles. The van der Waals surface area contributed by atoms with E-state index in [4.69, 9.17) is 11.5 Å². The van der Waals surface area contributed by atoms with Gasteiger partial charge in [-0.25, -0.2) is 4.39 Å². The molecule has 0 aromatic carbocycles. The van der Waals surface area contributed by atoms with E-state index < -0.39 is 6.67 Å². The minimum absolute atomic E-state index is 0.00319. The van der Waals surface area contributed by atoms with Crippen molar-refractivity contribution in [2.75, 3.05) is 13.2 Å². The molecular formula is C3H8FN5. The summed E-state index contributed by atoms with van der Waals surface area (Å²) in [6, 6.07) is 0. The topological polar surface area (TPSA) is 89.1 Å². The highest BCUT2D eigenvalue weighted by Gasteiger charge is 1.75. The second-order valence-electron chi connectivity index (χ2n) is 1.17. The van der Waals surface area contributed by atoms with Crippen LogP contribution in [0.3, 0.4) is 0 Å². The number of guanidine groups is 1. The fraction of sp³-hybridized carbons (Fsp3) is 0.667. The Hall–Kier alpha value is -1.20. The molecule has 0 spiro atoms. The first-order valence-electron chi connectivity index (χ1n) is 2.28. The monoisotopic (exact) mass is 133 g/mol. The van der Waals surface area contributed by atoms with Gasteiger partial charge in [0.15, 0.2) is 0 Å². The molecule has 0 saturated heterocycles. The molecule has 0 bridgehead atoms. The summed E-state index contributed by atoms with van der Waals surface area (Å²) >= 11 is 0. The summed E-state index contributed by atoms with van der Waals surface area (Å²) in [5, 5.41) is 9.44. The third kappa shape index (κ3) is 6.80. The summed E-state index contributed by atoms with van der Waals surface area (Å²) in [7, 11) is 0. The van der Waals surface area contributed by atoms with Crippen LogP contribution in [0.4, 0.5) is 4.39 Å². The second-order valence-corrected chi connectivity index (χ2v) is 1.17. The first-order valence-corrected chi connectivity index (χ1v) is 2.28. The van der Waals surface area contributed by atoms with Gasteiger partial charge in [-0.3, -0.25) is 0 Å². The molecule has 0 amide bonds. The van der Waals surface area contributed by atoms with Gasteiger partial charge >= 0.3 is 0 Å². The zero-order valence-electron chi connectivity index (χ0n) is 4.79. The predicted molar refractivity (Wildman–Crippen MR) is 31.5 cm³/mol. The van der Waals surface area contributed by atoms with Crippen LogP contribution in [0.15, 0.2) is 15.4 Å². The van der Waals surface area contributed by atoms with E-state index in [1.807, 2.05) is 0 Å². The molecular weight excluding hydrogens is 125 g/mol. The molecule has 0 aromatic heterocycles. The van der Waals surface area contributed by atoms with Crippen LogP contribution in [0, 0.1) is 0 Å². The van der Waals surface area contributed by atoms with Crippen molar-refractivity contribution < 1.29 is 4.39 Å². The molecule has 0 atom stereocenters. The molecule has 52 valence electrons. The fourth-order valence-corrected chi connectivity index (χ4v) is 0.166. The molecule has 5 nitrogen and oxygen atoms in total. The number of hydrogen-bond donors (Lipinski definition) is 2. The summed E-state index contributed by atoms with van der Waals surface area (Å²) in [4.78, 5) is 0. The van der Waals surface area contributed by atoms with Crippen LogP contribution in [0.1, 0.15) is 0 Å². The van der Waals surface area contributed by atoms with Crippen molar-refractivity contribution in [2.24, 2.45) is 26.9 Å². The van der Waals surface area contributed by atoms with Crippen LogP contribution >= 0.6 is 0 Å². The van der Waals surface area contributed by atoms with E-state index in [1.54, 1.807) is 0 Å². The van der Waals surface area contributed by atoms with Crippen molar-refractivity contribution in [1.29, 1.82) is 0 Å². The lowest BCUT2D eigenvalue weighted by Gasteiger charge is -1.81. The van der Waals surface area contributed by atoms with E-state index in [1.165, 1.54) is 0 Å². The van der Waals surface area contributed by atoms with E-state index in [9.17, 15) is 4.39 Å². The van der Waals surface area contributed by atoms with Crippen LogP contribution in [-0.4, -0.2) is 19.2 Å². The van der Waals surface area contributed by atoms with Crippen molar-refractivity contribution in [1.82, 2.24) is 0 Å². The smallest absolute Gasteiger partial charge is 0.213 e. The van der Waals surface area contributed by atoms with Gasteiger partial charge in [-0.2, -0.15) is 5.11 Å². The van der Waals surface area contributed by atoms with Gasteiger partial charge in [0.25, 0.3) is 0 Å². The van der Waals surface area contributed by atoms with Crippen LogP contribution in [-0.2, 0) is 0 Å².